The summed E-state index contributed by atoms with van der Waals surface area (Å²) in [6.07, 6.45) is 2.79. The van der Waals surface area contributed by atoms with Crippen molar-refractivity contribution in [2.45, 2.75) is 58.6 Å². The van der Waals surface area contributed by atoms with Gasteiger partial charge in [-0.1, -0.05) is 18.2 Å². The Hall–Kier alpha value is -0.860. The second-order valence-electron chi connectivity index (χ2n) is 6.26. The molecule has 1 atom stereocenters. The van der Waals surface area contributed by atoms with Crippen LogP contribution >= 0.6 is 0 Å². The molecule has 0 saturated carbocycles. The lowest BCUT2D eigenvalue weighted by Crippen LogP contribution is -2.33. The molecule has 0 aliphatic carbocycles. The van der Waals surface area contributed by atoms with Crippen LogP contribution in [0.25, 0.3) is 0 Å². The summed E-state index contributed by atoms with van der Waals surface area (Å²) >= 11 is 0. The van der Waals surface area contributed by atoms with Crippen LogP contribution in [0.5, 0.6) is 0 Å². The normalized spacial score (nSPS) is 25.6. The predicted molar refractivity (Wildman–Crippen MR) is 80.4 cm³/mol. The van der Waals surface area contributed by atoms with Gasteiger partial charge < -0.3 is 10.0 Å². The summed E-state index contributed by atoms with van der Waals surface area (Å²) < 4.78 is 0. The number of likely N-dealkylation sites (tertiary alicyclic amines) is 1. The van der Waals surface area contributed by atoms with E-state index in [0.717, 1.165) is 37.9 Å². The zero-order chi connectivity index (χ0) is 14.0. The van der Waals surface area contributed by atoms with Crippen LogP contribution in [0.3, 0.4) is 0 Å². The lowest BCUT2D eigenvalue weighted by molar-refractivity contribution is 0.0197. The first kappa shape index (κ1) is 14.5. The zero-order valence-corrected chi connectivity index (χ0v) is 12.7. The van der Waals surface area contributed by atoms with Gasteiger partial charge >= 0.3 is 0 Å². The van der Waals surface area contributed by atoms with Crippen molar-refractivity contribution in [2.24, 2.45) is 0 Å². The molecule has 106 valence electrons. The molecular formula is C17H27NO. The van der Waals surface area contributed by atoms with Crippen LogP contribution in [0.4, 0.5) is 0 Å². The van der Waals surface area contributed by atoms with Crippen molar-refractivity contribution in [2.75, 3.05) is 13.1 Å². The van der Waals surface area contributed by atoms with E-state index in [1.807, 2.05) is 0 Å². The number of hydrogen-bond donors (Lipinski definition) is 1. The number of aliphatic hydroxyl groups is 1. The molecule has 1 aliphatic heterocycles. The van der Waals surface area contributed by atoms with Gasteiger partial charge in [-0.05, 0) is 70.2 Å². The van der Waals surface area contributed by atoms with Crippen molar-refractivity contribution in [3.05, 3.63) is 34.9 Å². The second kappa shape index (κ2) is 5.64. The monoisotopic (exact) mass is 261 g/mol. The molecule has 0 amide bonds. The predicted octanol–water partition coefficient (Wildman–Crippen LogP) is 3.39. The molecule has 1 aromatic carbocycles. The average molecular weight is 261 g/mol. The largest absolute Gasteiger partial charge is 0.385 e. The molecule has 1 aromatic rings. The smallest absolute Gasteiger partial charge is 0.0911 e. The Kier molecular flexibility index (Phi) is 4.32. The highest BCUT2D eigenvalue weighted by atomic mass is 16.3. The van der Waals surface area contributed by atoms with Gasteiger partial charge in [-0.3, -0.25) is 0 Å². The Balaban J connectivity index is 2.25. The molecule has 19 heavy (non-hydrogen) atoms. The van der Waals surface area contributed by atoms with E-state index in [1.165, 1.54) is 11.1 Å². The highest BCUT2D eigenvalue weighted by Gasteiger charge is 2.33. The highest BCUT2D eigenvalue weighted by Crippen LogP contribution is 2.35. The third-order valence-electron chi connectivity index (χ3n) is 4.68. The summed E-state index contributed by atoms with van der Waals surface area (Å²) in [6, 6.07) is 6.87. The van der Waals surface area contributed by atoms with Crippen LogP contribution in [0.1, 0.15) is 49.8 Å². The number of aryl methyl sites for hydroxylation is 1. The van der Waals surface area contributed by atoms with Crippen LogP contribution < -0.4 is 0 Å². The molecular weight excluding hydrogens is 234 g/mol. The Morgan fingerprint density at radius 3 is 2.58 bits per heavy atom. The molecule has 1 fully saturated rings. The van der Waals surface area contributed by atoms with Gasteiger partial charge in [-0.2, -0.15) is 0 Å². The summed E-state index contributed by atoms with van der Waals surface area (Å²) in [6.45, 7) is 10.8. The van der Waals surface area contributed by atoms with Gasteiger partial charge in [-0.25, -0.2) is 0 Å². The fraction of sp³-hybridized carbons (Fsp3) is 0.647. The molecule has 1 saturated heterocycles. The van der Waals surface area contributed by atoms with E-state index in [9.17, 15) is 5.11 Å². The van der Waals surface area contributed by atoms with Crippen molar-refractivity contribution in [1.29, 1.82) is 0 Å². The van der Waals surface area contributed by atoms with Crippen molar-refractivity contribution in [3.63, 3.8) is 0 Å². The first-order valence-corrected chi connectivity index (χ1v) is 7.47. The minimum Gasteiger partial charge on any atom is -0.385 e. The van der Waals surface area contributed by atoms with E-state index >= 15 is 0 Å². The second-order valence-corrected chi connectivity index (χ2v) is 6.26. The van der Waals surface area contributed by atoms with Crippen molar-refractivity contribution in [1.82, 2.24) is 4.90 Å². The Labute approximate surface area is 117 Å². The molecule has 0 radical (unpaired) electrons. The van der Waals surface area contributed by atoms with Gasteiger partial charge in [0.2, 0.25) is 0 Å². The van der Waals surface area contributed by atoms with Gasteiger partial charge in [0.1, 0.15) is 0 Å². The number of benzene rings is 1. The van der Waals surface area contributed by atoms with E-state index < -0.39 is 5.60 Å². The van der Waals surface area contributed by atoms with Crippen LogP contribution in [0.2, 0.25) is 0 Å². The molecule has 2 nitrogen and oxygen atoms in total. The SMILES string of the molecule is Cc1cccc(C2(O)CCCN(C(C)C)CC2)c1C. The van der Waals surface area contributed by atoms with Crippen molar-refractivity contribution >= 4 is 0 Å². The minimum absolute atomic E-state index is 0.570. The maximum absolute atomic E-state index is 11.1. The first-order chi connectivity index (χ1) is 8.94. The molecule has 1 heterocycles. The molecule has 1 aliphatic rings. The standard InChI is InChI=1S/C17H27NO/c1-13(2)18-11-6-9-17(19,10-12-18)16-8-5-7-14(3)15(16)4/h5,7-8,13,19H,6,9-12H2,1-4H3. The number of nitrogens with zero attached hydrogens (tertiary/aromatic N) is 1. The lowest BCUT2D eigenvalue weighted by Gasteiger charge is -2.30. The molecule has 0 spiro atoms. The molecule has 0 bridgehead atoms. The Morgan fingerprint density at radius 2 is 1.89 bits per heavy atom. The third kappa shape index (κ3) is 3.01. The highest BCUT2D eigenvalue weighted by molar-refractivity contribution is 5.37. The maximum atomic E-state index is 11.1. The summed E-state index contributed by atoms with van der Waals surface area (Å²) in [5.41, 5.74) is 3.02. The van der Waals surface area contributed by atoms with E-state index in [4.69, 9.17) is 0 Å². The first-order valence-electron chi connectivity index (χ1n) is 7.47. The van der Waals surface area contributed by atoms with Gasteiger partial charge in [-0.15, -0.1) is 0 Å². The van der Waals surface area contributed by atoms with Crippen LogP contribution in [0, 0.1) is 13.8 Å². The quantitative estimate of drug-likeness (QED) is 0.882. The van der Waals surface area contributed by atoms with E-state index in [-0.39, 0.29) is 0 Å². The van der Waals surface area contributed by atoms with E-state index in [0.29, 0.717) is 6.04 Å². The topological polar surface area (TPSA) is 23.5 Å². The van der Waals surface area contributed by atoms with Crippen LogP contribution in [-0.4, -0.2) is 29.1 Å². The van der Waals surface area contributed by atoms with Crippen LogP contribution in [0.15, 0.2) is 18.2 Å². The summed E-state index contributed by atoms with van der Waals surface area (Å²) in [7, 11) is 0. The summed E-state index contributed by atoms with van der Waals surface area (Å²) in [4.78, 5) is 2.48. The third-order valence-corrected chi connectivity index (χ3v) is 4.68. The summed E-state index contributed by atoms with van der Waals surface area (Å²) in [5.74, 6) is 0. The van der Waals surface area contributed by atoms with Gasteiger partial charge in [0.25, 0.3) is 0 Å². The lowest BCUT2D eigenvalue weighted by atomic mass is 9.83. The van der Waals surface area contributed by atoms with Gasteiger partial charge in [0, 0.05) is 12.6 Å². The Morgan fingerprint density at radius 1 is 1.16 bits per heavy atom. The maximum Gasteiger partial charge on any atom is 0.0911 e. The number of rotatable bonds is 2. The molecule has 0 aromatic heterocycles. The molecule has 1 N–H and O–H groups in total. The van der Waals surface area contributed by atoms with Crippen LogP contribution in [-0.2, 0) is 5.60 Å². The fourth-order valence-corrected chi connectivity index (χ4v) is 3.18. The van der Waals surface area contributed by atoms with Gasteiger partial charge in [0.05, 0.1) is 5.60 Å². The fourth-order valence-electron chi connectivity index (χ4n) is 3.18. The minimum atomic E-state index is -0.639. The van der Waals surface area contributed by atoms with Crippen molar-refractivity contribution in [3.8, 4) is 0 Å². The molecule has 2 rings (SSSR count). The molecule has 1 unspecified atom stereocenters. The Bertz CT molecular complexity index is 441. The number of hydrogen-bond acceptors (Lipinski definition) is 2. The van der Waals surface area contributed by atoms with E-state index in [1.54, 1.807) is 0 Å². The van der Waals surface area contributed by atoms with E-state index in [2.05, 4.69) is 50.8 Å². The van der Waals surface area contributed by atoms with Crippen molar-refractivity contribution < 1.29 is 5.11 Å². The average Bonchev–Trinajstić information content (AvgIpc) is 2.55. The molecule has 2 heteroatoms. The summed E-state index contributed by atoms with van der Waals surface area (Å²) in [5, 5.41) is 11.1. The zero-order valence-electron chi connectivity index (χ0n) is 12.7. The van der Waals surface area contributed by atoms with Gasteiger partial charge in [0.15, 0.2) is 0 Å².